The first kappa shape index (κ1) is 17.0. The van der Waals surface area contributed by atoms with Crippen LogP contribution in [0.15, 0.2) is 0 Å². The molecule has 1 amide bonds. The zero-order valence-electron chi connectivity index (χ0n) is 10.8. The zero-order chi connectivity index (χ0) is 15.9. The number of piperidine rings is 1. The molecule has 1 fully saturated rings. The van der Waals surface area contributed by atoms with Crippen molar-refractivity contribution in [2.75, 3.05) is 0 Å². The number of alkyl halides is 7. The third-order valence-electron chi connectivity index (χ3n) is 3.45. The molecule has 1 rings (SSSR count). The molecule has 1 heterocycles. The molecular formula is C11H14F7NO. The Bertz CT molecular complexity index is 369. The van der Waals surface area contributed by atoms with Crippen molar-refractivity contribution in [3.8, 4) is 0 Å². The van der Waals surface area contributed by atoms with E-state index in [0.717, 1.165) is 0 Å². The number of rotatable bonds is 2. The minimum atomic E-state index is -6.49. The summed E-state index contributed by atoms with van der Waals surface area (Å²) in [5.41, 5.74) is 0. The van der Waals surface area contributed by atoms with Gasteiger partial charge in [0.15, 0.2) is 0 Å². The van der Waals surface area contributed by atoms with Crippen molar-refractivity contribution in [1.29, 1.82) is 0 Å². The summed E-state index contributed by atoms with van der Waals surface area (Å²) in [4.78, 5) is 12.0. The van der Waals surface area contributed by atoms with E-state index in [1.54, 1.807) is 0 Å². The van der Waals surface area contributed by atoms with Gasteiger partial charge in [-0.2, -0.15) is 30.7 Å². The van der Waals surface area contributed by atoms with Gasteiger partial charge in [0.1, 0.15) is 0 Å². The van der Waals surface area contributed by atoms with Crippen LogP contribution in [0, 0.1) is 0 Å². The van der Waals surface area contributed by atoms with Gasteiger partial charge in [0.05, 0.1) is 0 Å². The van der Waals surface area contributed by atoms with Crippen LogP contribution in [0.3, 0.4) is 0 Å². The second-order valence-electron chi connectivity index (χ2n) is 4.99. The van der Waals surface area contributed by atoms with Gasteiger partial charge in [-0.25, -0.2) is 0 Å². The number of hydrogen-bond acceptors (Lipinski definition) is 1. The summed E-state index contributed by atoms with van der Waals surface area (Å²) in [5.74, 6) is -14.7. The van der Waals surface area contributed by atoms with Crippen LogP contribution >= 0.6 is 0 Å². The van der Waals surface area contributed by atoms with Crippen molar-refractivity contribution in [3.05, 3.63) is 0 Å². The van der Waals surface area contributed by atoms with Crippen molar-refractivity contribution < 1.29 is 35.5 Å². The Hall–Kier alpha value is -1.02. The molecule has 0 aliphatic carbocycles. The lowest BCUT2D eigenvalue weighted by atomic mass is 9.95. The highest BCUT2D eigenvalue weighted by molar-refractivity contribution is 5.85. The first-order valence-corrected chi connectivity index (χ1v) is 5.99. The molecule has 0 bridgehead atoms. The van der Waals surface area contributed by atoms with Crippen molar-refractivity contribution >= 4 is 5.91 Å². The third kappa shape index (κ3) is 2.58. The second kappa shape index (κ2) is 5.07. The van der Waals surface area contributed by atoms with Gasteiger partial charge in [0.25, 0.3) is 0 Å². The average molecular weight is 309 g/mol. The van der Waals surface area contributed by atoms with E-state index in [0.29, 0.717) is 11.3 Å². The van der Waals surface area contributed by atoms with Crippen LogP contribution in [0.25, 0.3) is 0 Å². The zero-order valence-corrected chi connectivity index (χ0v) is 10.8. The average Bonchev–Trinajstić information content (AvgIpc) is 2.26. The fourth-order valence-corrected chi connectivity index (χ4v) is 2.30. The van der Waals surface area contributed by atoms with Gasteiger partial charge in [0, 0.05) is 12.1 Å². The molecule has 2 atom stereocenters. The van der Waals surface area contributed by atoms with E-state index in [2.05, 4.69) is 0 Å². The molecule has 9 heteroatoms. The molecule has 2 nitrogen and oxygen atoms in total. The van der Waals surface area contributed by atoms with Crippen molar-refractivity contribution in [3.63, 3.8) is 0 Å². The van der Waals surface area contributed by atoms with Crippen LogP contribution in [0.5, 0.6) is 0 Å². The summed E-state index contributed by atoms with van der Waals surface area (Å²) in [6.45, 7) is 2.69. The molecular weight excluding hydrogens is 295 g/mol. The summed E-state index contributed by atoms with van der Waals surface area (Å²) >= 11 is 0. The summed E-state index contributed by atoms with van der Waals surface area (Å²) in [6, 6.07) is -1.61. The normalized spacial score (nSPS) is 25.8. The van der Waals surface area contributed by atoms with Crippen LogP contribution in [0.2, 0.25) is 0 Å². The van der Waals surface area contributed by atoms with Gasteiger partial charge < -0.3 is 4.90 Å². The molecule has 1 saturated heterocycles. The SMILES string of the molecule is CC1CCCC(C)N1C(=O)C(F)(F)C(F)(F)C(F)(F)F. The van der Waals surface area contributed by atoms with E-state index in [9.17, 15) is 35.5 Å². The predicted octanol–water partition coefficient (Wildman–Crippen LogP) is 3.61. The Morgan fingerprint density at radius 3 is 1.70 bits per heavy atom. The maximum atomic E-state index is 13.4. The van der Waals surface area contributed by atoms with E-state index in [4.69, 9.17) is 0 Å². The summed E-state index contributed by atoms with van der Waals surface area (Å²) in [6.07, 6.45) is -5.34. The molecule has 2 unspecified atom stereocenters. The Kier molecular flexibility index (Phi) is 4.32. The lowest BCUT2D eigenvalue weighted by Crippen LogP contribution is -2.63. The first-order chi connectivity index (χ1) is 8.84. The van der Waals surface area contributed by atoms with Gasteiger partial charge in [-0.1, -0.05) is 0 Å². The maximum Gasteiger partial charge on any atom is 0.460 e. The highest BCUT2D eigenvalue weighted by Gasteiger charge is 2.77. The lowest BCUT2D eigenvalue weighted by molar-refractivity contribution is -0.346. The molecule has 1 aliphatic heterocycles. The van der Waals surface area contributed by atoms with Crippen LogP contribution in [0.1, 0.15) is 33.1 Å². The second-order valence-corrected chi connectivity index (χ2v) is 4.99. The Labute approximate surface area is 110 Å². The fraction of sp³-hybridized carbons (Fsp3) is 0.909. The Morgan fingerprint density at radius 2 is 1.35 bits per heavy atom. The molecule has 0 spiro atoms. The molecule has 0 aromatic carbocycles. The molecule has 0 N–H and O–H groups in total. The van der Waals surface area contributed by atoms with Gasteiger partial charge in [-0.15, -0.1) is 0 Å². The van der Waals surface area contributed by atoms with Crippen molar-refractivity contribution in [1.82, 2.24) is 4.90 Å². The summed E-state index contributed by atoms with van der Waals surface area (Å²) in [7, 11) is 0. The maximum absolute atomic E-state index is 13.4. The molecule has 20 heavy (non-hydrogen) atoms. The fourth-order valence-electron chi connectivity index (χ4n) is 2.30. The van der Waals surface area contributed by atoms with Crippen molar-refractivity contribution in [2.45, 2.75) is 63.2 Å². The summed E-state index contributed by atoms with van der Waals surface area (Å²) in [5, 5.41) is 0. The highest BCUT2D eigenvalue weighted by atomic mass is 19.4. The van der Waals surface area contributed by atoms with E-state index < -0.39 is 36.0 Å². The molecule has 0 radical (unpaired) electrons. The Balaban J connectivity index is 3.11. The van der Waals surface area contributed by atoms with E-state index >= 15 is 0 Å². The van der Waals surface area contributed by atoms with Crippen LogP contribution in [-0.4, -0.2) is 40.9 Å². The summed E-state index contributed by atoms with van der Waals surface area (Å²) < 4.78 is 88.6. The van der Waals surface area contributed by atoms with Crippen LogP contribution in [-0.2, 0) is 4.79 Å². The van der Waals surface area contributed by atoms with Crippen molar-refractivity contribution in [2.24, 2.45) is 0 Å². The standard InChI is InChI=1S/C11H14F7NO/c1-6-4-3-5-7(2)19(6)8(20)9(12,13)10(14,15)11(16,17)18/h6-7H,3-5H2,1-2H3. The van der Waals surface area contributed by atoms with Gasteiger partial charge in [-0.3, -0.25) is 4.79 Å². The van der Waals surface area contributed by atoms with Crippen LogP contribution in [0.4, 0.5) is 30.7 Å². The first-order valence-electron chi connectivity index (χ1n) is 5.99. The highest BCUT2D eigenvalue weighted by Crippen LogP contribution is 2.48. The third-order valence-corrected chi connectivity index (χ3v) is 3.45. The number of halogens is 7. The monoisotopic (exact) mass is 309 g/mol. The number of carbonyl (C=O) groups excluding carboxylic acids is 1. The molecule has 0 aromatic heterocycles. The van der Waals surface area contributed by atoms with Gasteiger partial charge in [-0.05, 0) is 33.1 Å². The molecule has 1 aliphatic rings. The van der Waals surface area contributed by atoms with E-state index in [1.165, 1.54) is 13.8 Å². The van der Waals surface area contributed by atoms with E-state index in [-0.39, 0.29) is 12.8 Å². The molecule has 118 valence electrons. The number of hydrogen-bond donors (Lipinski definition) is 0. The predicted molar refractivity (Wildman–Crippen MR) is 55.6 cm³/mol. The Morgan fingerprint density at radius 1 is 0.950 bits per heavy atom. The minimum Gasteiger partial charge on any atom is -0.332 e. The van der Waals surface area contributed by atoms with Gasteiger partial charge in [0.2, 0.25) is 0 Å². The number of likely N-dealkylation sites (tertiary alicyclic amines) is 1. The number of amides is 1. The molecule has 0 aromatic rings. The lowest BCUT2D eigenvalue weighted by Gasteiger charge is -2.41. The number of nitrogens with zero attached hydrogens (tertiary/aromatic N) is 1. The number of carbonyl (C=O) groups is 1. The topological polar surface area (TPSA) is 20.3 Å². The smallest absolute Gasteiger partial charge is 0.332 e. The molecule has 0 saturated carbocycles. The largest absolute Gasteiger partial charge is 0.460 e. The van der Waals surface area contributed by atoms with Crippen LogP contribution < -0.4 is 0 Å². The minimum absolute atomic E-state index is 0.281. The van der Waals surface area contributed by atoms with Gasteiger partial charge >= 0.3 is 23.9 Å². The quantitative estimate of drug-likeness (QED) is 0.714. The van der Waals surface area contributed by atoms with E-state index in [1.807, 2.05) is 0 Å².